The van der Waals surface area contributed by atoms with E-state index < -0.39 is 28.0 Å². The van der Waals surface area contributed by atoms with Gasteiger partial charge in [-0.25, -0.2) is 13.2 Å². The number of sulfone groups is 1. The lowest BCUT2D eigenvalue weighted by molar-refractivity contribution is -0.154. The van der Waals surface area contributed by atoms with Gasteiger partial charge in [0.2, 0.25) is 0 Å². The van der Waals surface area contributed by atoms with Crippen LogP contribution in [0.1, 0.15) is 37.5 Å². The van der Waals surface area contributed by atoms with Crippen LogP contribution in [-0.2, 0) is 19.4 Å². The maximum absolute atomic E-state index is 11.7. The topological polar surface area (TPSA) is 80.7 Å². The number of aliphatic carboxylic acids is 1. The number of rotatable bonds is 8. The van der Waals surface area contributed by atoms with Crippen molar-refractivity contribution >= 4 is 31.7 Å². The van der Waals surface area contributed by atoms with Gasteiger partial charge >= 0.3 is 5.97 Å². The van der Waals surface area contributed by atoms with E-state index in [2.05, 4.69) is 15.9 Å². The van der Waals surface area contributed by atoms with Crippen molar-refractivity contribution in [3.8, 4) is 0 Å². The summed E-state index contributed by atoms with van der Waals surface area (Å²) >= 11 is 3.39. The Bertz CT molecular complexity index is 874. The average Bonchev–Trinajstić information content (AvgIpc) is 2.58. The van der Waals surface area contributed by atoms with Crippen LogP contribution in [0.4, 0.5) is 0 Å². The second-order valence-corrected chi connectivity index (χ2v) is 9.80. The van der Waals surface area contributed by atoms with Crippen LogP contribution >= 0.6 is 15.9 Å². The van der Waals surface area contributed by atoms with Gasteiger partial charge in [0.15, 0.2) is 15.9 Å². The van der Waals surface area contributed by atoms with Gasteiger partial charge in [-0.05, 0) is 47.7 Å². The highest BCUT2D eigenvalue weighted by Crippen LogP contribution is 2.30. The molecule has 7 heteroatoms. The van der Waals surface area contributed by atoms with Crippen molar-refractivity contribution in [2.24, 2.45) is 5.92 Å². The van der Waals surface area contributed by atoms with Gasteiger partial charge in [-0.3, -0.25) is 0 Å². The predicted molar refractivity (Wildman–Crippen MR) is 108 cm³/mol. The molecule has 27 heavy (non-hydrogen) atoms. The Hall–Kier alpha value is -1.70. The summed E-state index contributed by atoms with van der Waals surface area (Å²) in [5.74, 6) is -0.858. The van der Waals surface area contributed by atoms with Gasteiger partial charge in [-0.2, -0.15) is 0 Å². The van der Waals surface area contributed by atoms with Crippen molar-refractivity contribution in [1.29, 1.82) is 0 Å². The van der Waals surface area contributed by atoms with E-state index in [4.69, 9.17) is 4.74 Å². The van der Waals surface area contributed by atoms with Crippen molar-refractivity contribution < 1.29 is 23.1 Å². The first kappa shape index (κ1) is 21.6. The van der Waals surface area contributed by atoms with Crippen LogP contribution in [0.3, 0.4) is 0 Å². The van der Waals surface area contributed by atoms with Crippen molar-refractivity contribution in [3.05, 3.63) is 64.1 Å². The van der Waals surface area contributed by atoms with E-state index in [0.29, 0.717) is 12.0 Å². The zero-order valence-electron chi connectivity index (χ0n) is 15.4. The number of benzene rings is 2. The van der Waals surface area contributed by atoms with Gasteiger partial charge in [0.05, 0.1) is 4.90 Å². The molecule has 2 aromatic carbocycles. The minimum Gasteiger partial charge on any atom is -0.479 e. The zero-order chi connectivity index (χ0) is 20.2. The Kier molecular flexibility index (Phi) is 7.19. The predicted octanol–water partition coefficient (Wildman–Crippen LogP) is 4.46. The van der Waals surface area contributed by atoms with Crippen LogP contribution in [0.15, 0.2) is 57.9 Å². The summed E-state index contributed by atoms with van der Waals surface area (Å²) in [5, 5.41) is 9.55. The molecule has 0 amide bonds. The van der Waals surface area contributed by atoms with Crippen LogP contribution in [0.25, 0.3) is 0 Å². The maximum Gasteiger partial charge on any atom is 0.332 e. The third-order valence-electron chi connectivity index (χ3n) is 4.05. The minimum absolute atomic E-state index is 0.157. The molecule has 0 saturated heterocycles. The molecule has 0 aliphatic carbocycles. The molecule has 0 saturated carbocycles. The van der Waals surface area contributed by atoms with Crippen molar-refractivity contribution in [3.63, 3.8) is 0 Å². The molecular weight excluding hydrogens is 432 g/mol. The quantitative estimate of drug-likeness (QED) is 0.636. The molecule has 146 valence electrons. The molecular formula is C20H23BrO5S. The number of hydrogen-bond donors (Lipinski definition) is 1. The maximum atomic E-state index is 11.7. The molecule has 0 unspecified atom stereocenters. The van der Waals surface area contributed by atoms with Crippen LogP contribution < -0.4 is 0 Å². The first-order valence-corrected chi connectivity index (χ1v) is 11.2. The number of halogens is 1. The van der Waals surface area contributed by atoms with E-state index >= 15 is 0 Å². The van der Waals surface area contributed by atoms with E-state index in [1.54, 1.807) is 12.1 Å². The molecule has 1 N–H and O–H groups in total. The molecule has 2 atom stereocenters. The highest BCUT2D eigenvalue weighted by atomic mass is 79.9. The summed E-state index contributed by atoms with van der Waals surface area (Å²) in [4.78, 5) is 11.9. The van der Waals surface area contributed by atoms with Crippen molar-refractivity contribution in [2.45, 2.75) is 37.4 Å². The lowest BCUT2D eigenvalue weighted by atomic mass is 10.00. The van der Waals surface area contributed by atoms with E-state index in [1.807, 2.05) is 38.1 Å². The van der Waals surface area contributed by atoms with Crippen molar-refractivity contribution in [2.75, 3.05) is 6.26 Å². The first-order valence-electron chi connectivity index (χ1n) is 8.51. The number of ether oxygens (including phenoxy) is 1. The molecule has 0 aromatic heterocycles. The third-order valence-corrected chi connectivity index (χ3v) is 5.70. The monoisotopic (exact) mass is 454 g/mol. The van der Waals surface area contributed by atoms with Gasteiger partial charge in [0, 0.05) is 10.7 Å². The number of carboxylic acid groups (broad SMARTS) is 1. The van der Waals surface area contributed by atoms with Gasteiger partial charge in [0.25, 0.3) is 0 Å². The normalized spacial score (nSPS) is 14.1. The highest BCUT2D eigenvalue weighted by molar-refractivity contribution is 9.10. The first-order chi connectivity index (χ1) is 12.6. The fourth-order valence-corrected chi connectivity index (χ4v) is 3.58. The molecule has 5 nitrogen and oxygen atoms in total. The second-order valence-electron chi connectivity index (χ2n) is 6.87. The summed E-state index contributed by atoms with van der Waals surface area (Å²) in [7, 11) is -3.31. The summed E-state index contributed by atoms with van der Waals surface area (Å²) in [5.41, 5.74) is 1.49. The van der Waals surface area contributed by atoms with E-state index in [0.717, 1.165) is 16.3 Å². The Balaban J connectivity index is 2.43. The minimum atomic E-state index is -3.31. The smallest absolute Gasteiger partial charge is 0.332 e. The van der Waals surface area contributed by atoms with Crippen LogP contribution in [-0.4, -0.2) is 31.9 Å². The Morgan fingerprint density at radius 2 is 1.52 bits per heavy atom. The van der Waals surface area contributed by atoms with Gasteiger partial charge in [-0.1, -0.05) is 54.0 Å². The van der Waals surface area contributed by atoms with E-state index in [1.165, 1.54) is 12.1 Å². The molecule has 2 rings (SSSR count). The largest absolute Gasteiger partial charge is 0.479 e. The fourth-order valence-electron chi connectivity index (χ4n) is 2.68. The summed E-state index contributed by atoms with van der Waals surface area (Å²) < 4.78 is 30.3. The Morgan fingerprint density at radius 1 is 1.04 bits per heavy atom. The number of carbonyl (C=O) groups is 1. The van der Waals surface area contributed by atoms with Crippen LogP contribution in [0.5, 0.6) is 0 Å². The molecule has 0 aliphatic rings. The molecule has 0 radical (unpaired) electrons. The fraction of sp³-hybridized carbons (Fsp3) is 0.350. The second kappa shape index (κ2) is 8.99. The average molecular weight is 455 g/mol. The summed E-state index contributed by atoms with van der Waals surface area (Å²) in [6.45, 7) is 3.88. The Morgan fingerprint density at radius 3 is 1.93 bits per heavy atom. The van der Waals surface area contributed by atoms with Crippen molar-refractivity contribution in [1.82, 2.24) is 0 Å². The van der Waals surface area contributed by atoms with Gasteiger partial charge < -0.3 is 9.84 Å². The zero-order valence-corrected chi connectivity index (χ0v) is 17.8. The summed E-state index contributed by atoms with van der Waals surface area (Å²) in [6, 6.07) is 13.8. The third kappa shape index (κ3) is 6.16. The summed E-state index contributed by atoms with van der Waals surface area (Å²) in [6.07, 6.45) is -0.0581. The van der Waals surface area contributed by atoms with Crippen LogP contribution in [0.2, 0.25) is 0 Å². The molecule has 0 heterocycles. The van der Waals surface area contributed by atoms with E-state index in [-0.39, 0.29) is 10.8 Å². The highest BCUT2D eigenvalue weighted by Gasteiger charge is 2.26. The molecule has 0 aliphatic heterocycles. The number of carboxylic acids is 1. The molecule has 0 spiro atoms. The number of hydrogen-bond acceptors (Lipinski definition) is 4. The van der Waals surface area contributed by atoms with E-state index in [9.17, 15) is 18.3 Å². The SMILES string of the molecule is CC(C)C[C@H](O[C@@H](c1ccc(Br)cc1)c1ccc(S(C)(=O)=O)cc1)C(=O)O. The lowest BCUT2D eigenvalue weighted by Crippen LogP contribution is -2.28. The van der Waals surface area contributed by atoms with Crippen LogP contribution in [0, 0.1) is 5.92 Å². The standard InChI is InChI=1S/C20H23BrO5S/c1-13(2)12-18(20(22)23)26-19(14-4-8-16(21)9-5-14)15-6-10-17(11-7-15)27(3,24)25/h4-11,13,18-19H,12H2,1-3H3,(H,22,23)/t18-,19-/m0/s1. The van der Waals surface area contributed by atoms with Gasteiger partial charge in [-0.15, -0.1) is 0 Å². The lowest BCUT2D eigenvalue weighted by Gasteiger charge is -2.24. The Labute approximate surface area is 168 Å². The van der Waals surface area contributed by atoms with Gasteiger partial charge in [0.1, 0.15) is 6.10 Å². The molecule has 0 bridgehead atoms. The molecule has 0 fully saturated rings. The molecule has 2 aromatic rings.